The zero-order valence-corrected chi connectivity index (χ0v) is 23.0. The van der Waals surface area contributed by atoms with E-state index in [0.29, 0.717) is 24.0 Å². The summed E-state index contributed by atoms with van der Waals surface area (Å²) in [5.74, 6) is -2.10. The summed E-state index contributed by atoms with van der Waals surface area (Å²) < 4.78 is 38.6. The van der Waals surface area contributed by atoms with Crippen LogP contribution in [0.2, 0.25) is 0 Å². The minimum Gasteiger partial charge on any atom is -0.508 e. The molecule has 10 nitrogen and oxygen atoms in total. The molecule has 2 aromatic carbocycles. The second-order valence-corrected chi connectivity index (χ2v) is 11.1. The molecule has 4 N–H and O–H groups in total. The average Bonchev–Trinajstić information content (AvgIpc) is 3.59. The number of benzene rings is 2. The molecule has 1 aliphatic carbocycles. The highest BCUT2D eigenvalue weighted by molar-refractivity contribution is 5.97. The number of halogens is 3. The average molecular weight is 580 g/mol. The predicted molar refractivity (Wildman–Crippen MR) is 145 cm³/mol. The molecule has 0 radical (unpaired) electrons. The van der Waals surface area contributed by atoms with Crippen molar-refractivity contribution in [1.29, 1.82) is 0 Å². The molecule has 1 aliphatic rings. The number of aromatic hydroxyl groups is 1. The summed E-state index contributed by atoms with van der Waals surface area (Å²) in [5.41, 5.74) is 3.40. The van der Waals surface area contributed by atoms with Gasteiger partial charge in [-0.05, 0) is 52.6 Å². The molecule has 2 aromatic heterocycles. The summed E-state index contributed by atoms with van der Waals surface area (Å²) >= 11 is 0. The van der Waals surface area contributed by atoms with Crippen LogP contribution in [0.4, 0.5) is 13.2 Å². The van der Waals surface area contributed by atoms with E-state index in [-0.39, 0.29) is 41.0 Å². The number of aromatic amines is 1. The van der Waals surface area contributed by atoms with Gasteiger partial charge in [-0.15, -0.1) is 0 Å². The lowest BCUT2D eigenvalue weighted by Crippen LogP contribution is -2.29. The molecule has 0 saturated carbocycles. The van der Waals surface area contributed by atoms with Crippen molar-refractivity contribution in [1.82, 2.24) is 35.8 Å². The van der Waals surface area contributed by atoms with Crippen molar-refractivity contribution in [2.24, 2.45) is 0 Å². The zero-order valence-electron chi connectivity index (χ0n) is 23.0. The first-order chi connectivity index (χ1) is 19.8. The van der Waals surface area contributed by atoms with Crippen molar-refractivity contribution in [2.75, 3.05) is 0 Å². The van der Waals surface area contributed by atoms with Crippen LogP contribution >= 0.6 is 0 Å². The van der Waals surface area contributed by atoms with E-state index in [4.69, 9.17) is 0 Å². The van der Waals surface area contributed by atoms with Crippen molar-refractivity contribution >= 4 is 11.8 Å². The second kappa shape index (κ2) is 10.9. The van der Waals surface area contributed by atoms with Gasteiger partial charge in [-0.3, -0.25) is 14.7 Å². The molecule has 2 amide bonds. The fourth-order valence-corrected chi connectivity index (χ4v) is 4.86. The van der Waals surface area contributed by atoms with Crippen LogP contribution in [0.25, 0.3) is 11.4 Å². The maximum Gasteiger partial charge on any atom is 0.451 e. The summed E-state index contributed by atoms with van der Waals surface area (Å²) in [6.45, 7) is 6.13. The number of hydrogen-bond acceptors (Lipinski definition) is 7. The van der Waals surface area contributed by atoms with Gasteiger partial charge in [0.1, 0.15) is 23.5 Å². The maximum atomic E-state index is 13.0. The Balaban J connectivity index is 1.22. The minimum atomic E-state index is -4.62. The van der Waals surface area contributed by atoms with Gasteiger partial charge in [0.05, 0.1) is 6.04 Å². The zero-order chi connectivity index (χ0) is 30.2. The number of aryl methyl sites for hydroxylation is 1. The van der Waals surface area contributed by atoms with Crippen LogP contribution in [-0.4, -0.2) is 42.1 Å². The summed E-state index contributed by atoms with van der Waals surface area (Å²) in [6.07, 6.45) is -2.32. The van der Waals surface area contributed by atoms with Gasteiger partial charge in [0.25, 0.3) is 11.8 Å². The molecule has 0 aliphatic heterocycles. The van der Waals surface area contributed by atoms with E-state index in [2.05, 4.69) is 30.7 Å². The van der Waals surface area contributed by atoms with Crippen LogP contribution in [0.15, 0.2) is 48.8 Å². The summed E-state index contributed by atoms with van der Waals surface area (Å²) in [5, 5.41) is 21.6. The summed E-state index contributed by atoms with van der Waals surface area (Å²) in [6, 6.07) is 11.3. The molecule has 0 bridgehead atoms. The Hall–Kier alpha value is -4.81. The number of carbonyl (C=O) groups excluding carboxylic acids is 2. The van der Waals surface area contributed by atoms with Crippen molar-refractivity contribution in [3.05, 3.63) is 88.3 Å². The normalized spacial score (nSPS) is 14.9. The number of rotatable bonds is 6. The SMILES string of the molecule is CC(C)(C)c1ccc(CNC(=O)c2cc(C(=O)N[C@H]3CCc4cc(-c5n[nH]c(C(F)(F)F)n5)ccc43)ncn2)cc1O. The molecule has 0 fully saturated rings. The number of phenols is 1. The van der Waals surface area contributed by atoms with Crippen LogP contribution < -0.4 is 10.6 Å². The van der Waals surface area contributed by atoms with E-state index in [1.807, 2.05) is 38.0 Å². The van der Waals surface area contributed by atoms with Crippen molar-refractivity contribution in [2.45, 2.75) is 57.8 Å². The second-order valence-electron chi connectivity index (χ2n) is 11.1. The number of nitrogens with one attached hydrogen (secondary N) is 3. The Morgan fingerprint density at radius 1 is 1.02 bits per heavy atom. The Morgan fingerprint density at radius 3 is 2.43 bits per heavy atom. The highest BCUT2D eigenvalue weighted by atomic mass is 19.4. The number of aromatic nitrogens is 5. The fraction of sp³-hybridized carbons (Fsp3) is 0.310. The molecule has 4 aromatic rings. The first-order valence-electron chi connectivity index (χ1n) is 13.2. The van der Waals surface area contributed by atoms with Gasteiger partial charge in [-0.2, -0.15) is 18.3 Å². The first-order valence-corrected chi connectivity index (χ1v) is 13.2. The molecular formula is C29H28F3N7O3. The highest BCUT2D eigenvalue weighted by Gasteiger charge is 2.35. The van der Waals surface area contributed by atoms with Gasteiger partial charge < -0.3 is 15.7 Å². The maximum absolute atomic E-state index is 13.0. The molecule has 0 saturated heterocycles. The molecule has 5 rings (SSSR count). The van der Waals surface area contributed by atoms with Gasteiger partial charge in [0, 0.05) is 18.2 Å². The number of amides is 2. The smallest absolute Gasteiger partial charge is 0.451 e. The largest absolute Gasteiger partial charge is 0.508 e. The Bertz CT molecular complexity index is 1660. The number of fused-ring (bicyclic) bond motifs is 1. The summed E-state index contributed by atoms with van der Waals surface area (Å²) in [7, 11) is 0. The number of alkyl halides is 3. The third kappa shape index (κ3) is 6.09. The first kappa shape index (κ1) is 28.7. The monoisotopic (exact) mass is 579 g/mol. The molecule has 0 unspecified atom stereocenters. The Morgan fingerprint density at radius 2 is 1.76 bits per heavy atom. The topological polar surface area (TPSA) is 146 Å². The lowest BCUT2D eigenvalue weighted by Gasteiger charge is -2.20. The van der Waals surface area contributed by atoms with Crippen molar-refractivity contribution < 1.29 is 27.9 Å². The number of H-pyrrole nitrogens is 1. The van der Waals surface area contributed by atoms with Gasteiger partial charge in [-0.25, -0.2) is 15.0 Å². The van der Waals surface area contributed by atoms with Gasteiger partial charge >= 0.3 is 6.18 Å². The van der Waals surface area contributed by atoms with E-state index in [1.54, 1.807) is 24.3 Å². The number of hydrogen-bond donors (Lipinski definition) is 4. The van der Waals surface area contributed by atoms with E-state index in [9.17, 15) is 27.9 Å². The van der Waals surface area contributed by atoms with E-state index >= 15 is 0 Å². The lowest BCUT2D eigenvalue weighted by molar-refractivity contribution is -0.144. The van der Waals surface area contributed by atoms with Crippen molar-refractivity contribution in [3.63, 3.8) is 0 Å². The molecule has 13 heteroatoms. The molecule has 42 heavy (non-hydrogen) atoms. The lowest BCUT2D eigenvalue weighted by atomic mass is 9.86. The Kier molecular flexibility index (Phi) is 7.43. The van der Waals surface area contributed by atoms with E-state index in [0.717, 1.165) is 23.0 Å². The van der Waals surface area contributed by atoms with E-state index < -0.39 is 23.8 Å². The molecule has 1 atom stereocenters. The third-order valence-corrected chi connectivity index (χ3v) is 6.99. The fourth-order valence-electron chi connectivity index (χ4n) is 4.86. The standard InChI is InChI=1S/C29H28F3N7O3/c1-28(2,3)19-8-4-15(10-23(19)40)13-33-25(41)21-12-22(35-14-34-21)26(42)36-20-9-6-16-11-17(5-7-18(16)20)24-37-27(39-38-24)29(30,31)32/h4-5,7-8,10-12,14,20,40H,6,9,13H2,1-3H3,(H,33,41)(H,36,42)(H,37,38,39)/t20-/m0/s1. The number of nitrogens with zero attached hydrogens (tertiary/aromatic N) is 4. The van der Waals surface area contributed by atoms with E-state index in [1.165, 1.54) is 6.07 Å². The third-order valence-electron chi connectivity index (χ3n) is 6.99. The van der Waals surface area contributed by atoms with Crippen LogP contribution in [0.3, 0.4) is 0 Å². The van der Waals surface area contributed by atoms with Gasteiger partial charge in [0.2, 0.25) is 5.82 Å². The Labute approximate surface area is 238 Å². The highest BCUT2D eigenvalue weighted by Crippen LogP contribution is 2.35. The van der Waals surface area contributed by atoms with Crippen LogP contribution in [-0.2, 0) is 24.6 Å². The molecule has 2 heterocycles. The summed E-state index contributed by atoms with van der Waals surface area (Å²) in [4.78, 5) is 37.3. The van der Waals surface area contributed by atoms with Crippen LogP contribution in [0, 0.1) is 0 Å². The number of phenolic OH excluding ortho intramolecular Hbond substituents is 1. The molecule has 0 spiro atoms. The molecule has 218 valence electrons. The number of carbonyl (C=O) groups is 2. The van der Waals surface area contributed by atoms with Crippen LogP contribution in [0.1, 0.15) is 82.3 Å². The van der Waals surface area contributed by atoms with Crippen LogP contribution in [0.5, 0.6) is 5.75 Å². The molecular weight excluding hydrogens is 551 g/mol. The quantitative estimate of drug-likeness (QED) is 0.261. The minimum absolute atomic E-state index is 0.00637. The van der Waals surface area contributed by atoms with Crippen molar-refractivity contribution in [3.8, 4) is 17.1 Å². The van der Waals surface area contributed by atoms with Gasteiger partial charge in [0.15, 0.2) is 5.82 Å². The van der Waals surface area contributed by atoms with Gasteiger partial charge in [-0.1, -0.05) is 45.0 Å². The predicted octanol–water partition coefficient (Wildman–Crippen LogP) is 4.63.